The number of benzene rings is 1. The van der Waals surface area contributed by atoms with Crippen molar-refractivity contribution in [1.29, 1.82) is 0 Å². The largest absolute Gasteiger partial charge is 0.497 e. The summed E-state index contributed by atoms with van der Waals surface area (Å²) in [6.07, 6.45) is 8.44. The van der Waals surface area contributed by atoms with Gasteiger partial charge in [0.25, 0.3) is 0 Å². The Balaban J connectivity index is 1.82. The summed E-state index contributed by atoms with van der Waals surface area (Å²) in [4.78, 5) is 36.2. The average molecular weight is 411 g/mol. The van der Waals surface area contributed by atoms with E-state index in [1.165, 1.54) is 6.08 Å². The normalized spacial score (nSPS) is 30.1. The summed E-state index contributed by atoms with van der Waals surface area (Å²) >= 11 is 0. The first-order valence-electron chi connectivity index (χ1n) is 10.4. The minimum absolute atomic E-state index is 0.0111. The van der Waals surface area contributed by atoms with Crippen molar-refractivity contribution in [2.24, 2.45) is 22.7 Å². The molecule has 1 aromatic carbocycles. The third-order valence-electron chi connectivity index (χ3n) is 7.12. The predicted molar refractivity (Wildman–Crippen MR) is 115 cm³/mol. The molecule has 4 atom stereocenters. The third-order valence-corrected chi connectivity index (χ3v) is 7.12. The highest BCUT2D eigenvalue weighted by Crippen LogP contribution is 2.59. The Bertz CT molecular complexity index is 864. The SMILES string of the molecule is COc1ccc(C=CC(=O)O[C@@H]2CCC(C)(C)[C@@H]3CC=C(C=O)[C@H](C=O)[C@@]23C)cc1. The molecule has 160 valence electrons. The number of fused-ring (bicyclic) bond motifs is 1. The molecule has 2 aliphatic carbocycles. The number of allylic oxidation sites excluding steroid dienone is 2. The molecule has 5 nitrogen and oxygen atoms in total. The van der Waals surface area contributed by atoms with E-state index in [0.29, 0.717) is 18.4 Å². The van der Waals surface area contributed by atoms with Gasteiger partial charge in [-0.1, -0.05) is 39.0 Å². The zero-order chi connectivity index (χ0) is 21.9. The van der Waals surface area contributed by atoms with Crippen LogP contribution >= 0.6 is 0 Å². The number of rotatable bonds is 6. The minimum Gasteiger partial charge on any atom is -0.497 e. The van der Waals surface area contributed by atoms with E-state index in [9.17, 15) is 14.4 Å². The van der Waals surface area contributed by atoms with E-state index in [4.69, 9.17) is 9.47 Å². The number of hydrogen-bond donors (Lipinski definition) is 0. The van der Waals surface area contributed by atoms with Crippen molar-refractivity contribution in [2.45, 2.75) is 46.1 Å². The van der Waals surface area contributed by atoms with Crippen molar-refractivity contribution in [3.8, 4) is 5.75 Å². The van der Waals surface area contributed by atoms with Gasteiger partial charge in [-0.2, -0.15) is 0 Å². The average Bonchev–Trinajstić information content (AvgIpc) is 2.74. The van der Waals surface area contributed by atoms with Gasteiger partial charge in [0.05, 0.1) is 13.0 Å². The van der Waals surface area contributed by atoms with E-state index in [1.807, 2.05) is 37.3 Å². The van der Waals surface area contributed by atoms with E-state index >= 15 is 0 Å². The van der Waals surface area contributed by atoms with Crippen molar-refractivity contribution < 1.29 is 23.9 Å². The number of carbonyl (C=O) groups is 3. The molecule has 1 fully saturated rings. The molecule has 0 radical (unpaired) electrons. The second kappa shape index (κ2) is 8.58. The molecule has 1 saturated carbocycles. The molecular weight excluding hydrogens is 380 g/mol. The molecule has 0 aromatic heterocycles. The van der Waals surface area contributed by atoms with Gasteiger partial charge in [-0.15, -0.1) is 0 Å². The van der Waals surface area contributed by atoms with Crippen LogP contribution in [-0.4, -0.2) is 31.8 Å². The maximum Gasteiger partial charge on any atom is 0.331 e. The molecule has 0 saturated heterocycles. The van der Waals surface area contributed by atoms with Crippen LogP contribution in [0.3, 0.4) is 0 Å². The van der Waals surface area contributed by atoms with E-state index in [2.05, 4.69) is 13.8 Å². The van der Waals surface area contributed by atoms with Crippen LogP contribution in [0.1, 0.15) is 45.6 Å². The Labute approximate surface area is 178 Å². The third kappa shape index (κ3) is 3.98. The fourth-order valence-corrected chi connectivity index (χ4v) is 5.38. The molecular formula is C25H30O5. The summed E-state index contributed by atoms with van der Waals surface area (Å²) in [6.45, 7) is 6.39. The van der Waals surface area contributed by atoms with Crippen molar-refractivity contribution in [1.82, 2.24) is 0 Å². The quantitative estimate of drug-likeness (QED) is 0.395. The summed E-state index contributed by atoms with van der Waals surface area (Å²) in [6, 6.07) is 7.36. The van der Waals surface area contributed by atoms with Gasteiger partial charge < -0.3 is 14.3 Å². The molecule has 2 aliphatic rings. The Kier molecular flexibility index (Phi) is 6.30. The zero-order valence-corrected chi connectivity index (χ0v) is 18.1. The molecule has 3 rings (SSSR count). The monoisotopic (exact) mass is 410 g/mol. The maximum absolute atomic E-state index is 12.6. The topological polar surface area (TPSA) is 69.7 Å². The fraction of sp³-hybridized carbons (Fsp3) is 0.480. The van der Waals surface area contributed by atoms with Gasteiger partial charge >= 0.3 is 5.97 Å². The first kappa shape index (κ1) is 22.0. The van der Waals surface area contributed by atoms with Gasteiger partial charge in [0.2, 0.25) is 0 Å². The van der Waals surface area contributed by atoms with E-state index in [-0.39, 0.29) is 11.3 Å². The molecule has 0 N–H and O–H groups in total. The summed E-state index contributed by atoms with van der Waals surface area (Å²) in [5.74, 6) is -0.130. The zero-order valence-electron chi connectivity index (χ0n) is 18.1. The van der Waals surface area contributed by atoms with Gasteiger partial charge in [-0.3, -0.25) is 4.79 Å². The lowest BCUT2D eigenvalue weighted by molar-refractivity contribution is -0.175. The van der Waals surface area contributed by atoms with Crippen LogP contribution in [-0.2, 0) is 19.1 Å². The van der Waals surface area contributed by atoms with Gasteiger partial charge in [0, 0.05) is 11.5 Å². The summed E-state index contributed by atoms with van der Waals surface area (Å²) < 4.78 is 11.0. The van der Waals surface area contributed by atoms with Gasteiger partial charge in [-0.05, 0) is 59.9 Å². The number of aldehydes is 2. The van der Waals surface area contributed by atoms with Crippen LogP contribution in [0.25, 0.3) is 6.08 Å². The van der Waals surface area contributed by atoms with Gasteiger partial charge in [0.15, 0.2) is 0 Å². The Morgan fingerprint density at radius 3 is 2.43 bits per heavy atom. The highest BCUT2D eigenvalue weighted by Gasteiger charge is 2.58. The predicted octanol–water partition coefficient (Wildman–Crippen LogP) is 4.41. The van der Waals surface area contributed by atoms with Gasteiger partial charge in [0.1, 0.15) is 24.4 Å². The molecule has 0 aliphatic heterocycles. The number of hydrogen-bond acceptors (Lipinski definition) is 5. The molecule has 30 heavy (non-hydrogen) atoms. The maximum atomic E-state index is 12.6. The van der Waals surface area contributed by atoms with Crippen LogP contribution in [0.4, 0.5) is 0 Å². The van der Waals surface area contributed by atoms with Gasteiger partial charge in [-0.25, -0.2) is 4.79 Å². The van der Waals surface area contributed by atoms with Crippen molar-refractivity contribution in [3.63, 3.8) is 0 Å². The van der Waals surface area contributed by atoms with Crippen molar-refractivity contribution in [2.75, 3.05) is 7.11 Å². The summed E-state index contributed by atoms with van der Waals surface area (Å²) in [7, 11) is 1.60. The Morgan fingerprint density at radius 2 is 1.83 bits per heavy atom. The highest BCUT2D eigenvalue weighted by atomic mass is 16.5. The number of esters is 1. The molecule has 0 heterocycles. The number of ether oxygens (including phenoxy) is 2. The van der Waals surface area contributed by atoms with Crippen LogP contribution < -0.4 is 4.74 Å². The van der Waals surface area contributed by atoms with Crippen LogP contribution in [0.15, 0.2) is 42.0 Å². The van der Waals surface area contributed by atoms with Crippen LogP contribution in [0, 0.1) is 22.7 Å². The molecule has 0 bridgehead atoms. The van der Waals surface area contributed by atoms with E-state index < -0.39 is 23.4 Å². The Hall–Kier alpha value is -2.69. The smallest absolute Gasteiger partial charge is 0.331 e. The molecule has 0 amide bonds. The lowest BCUT2D eigenvalue weighted by Crippen LogP contribution is -2.57. The highest BCUT2D eigenvalue weighted by molar-refractivity contribution is 5.87. The van der Waals surface area contributed by atoms with Crippen molar-refractivity contribution in [3.05, 3.63) is 47.6 Å². The van der Waals surface area contributed by atoms with Crippen molar-refractivity contribution >= 4 is 24.6 Å². The first-order valence-corrected chi connectivity index (χ1v) is 10.4. The van der Waals surface area contributed by atoms with Crippen LogP contribution in [0.2, 0.25) is 0 Å². The second-order valence-corrected chi connectivity index (χ2v) is 9.15. The fourth-order valence-electron chi connectivity index (χ4n) is 5.38. The lowest BCUT2D eigenvalue weighted by Gasteiger charge is -2.57. The molecule has 1 aromatic rings. The Morgan fingerprint density at radius 1 is 1.13 bits per heavy atom. The number of carbonyl (C=O) groups excluding carboxylic acids is 3. The minimum atomic E-state index is -0.613. The summed E-state index contributed by atoms with van der Waals surface area (Å²) in [5.41, 5.74) is 0.730. The second-order valence-electron chi connectivity index (χ2n) is 9.15. The van der Waals surface area contributed by atoms with Crippen LogP contribution in [0.5, 0.6) is 5.75 Å². The lowest BCUT2D eigenvalue weighted by atomic mass is 9.48. The summed E-state index contributed by atoms with van der Waals surface area (Å²) in [5, 5.41) is 0. The van der Waals surface area contributed by atoms with E-state index in [0.717, 1.165) is 30.3 Å². The molecule has 0 unspecified atom stereocenters. The first-order chi connectivity index (χ1) is 14.3. The molecule has 0 spiro atoms. The standard InChI is InChI=1S/C25H30O5/c1-24(2)14-13-22(25(3)20(16-27)18(15-26)8-11-21(24)25)30-23(28)12-7-17-5-9-19(29-4)10-6-17/h5-10,12,15-16,20-22H,11,13-14H2,1-4H3/t20-,21-,22+,25+/m0/s1. The van der Waals surface area contributed by atoms with E-state index in [1.54, 1.807) is 13.2 Å². The number of methoxy groups -OCH3 is 1. The molecule has 5 heteroatoms.